The monoisotopic (exact) mass is 266 g/mol. The minimum atomic E-state index is -0.264. The number of nitrogens with two attached hydrogens (primary N) is 1. The predicted molar refractivity (Wildman–Crippen MR) is 71.7 cm³/mol. The fourth-order valence-electron chi connectivity index (χ4n) is 1.57. The number of carbonyl (C=O) groups is 1. The molecule has 1 aromatic rings. The first-order valence-electron chi connectivity index (χ1n) is 5.79. The Balaban J connectivity index is 2.66. The number of amides is 1. The second-order valence-corrected chi connectivity index (χ2v) is 5.38. The van der Waals surface area contributed by atoms with Crippen molar-refractivity contribution in [3.05, 3.63) is 21.9 Å². The predicted octanol–water partition coefficient (Wildman–Crippen LogP) is 1.48. The van der Waals surface area contributed by atoms with Gasteiger partial charge in [-0.05, 0) is 26.0 Å². The van der Waals surface area contributed by atoms with Gasteiger partial charge in [0.05, 0.1) is 10.9 Å². The molecule has 0 spiro atoms. The van der Waals surface area contributed by atoms with Crippen molar-refractivity contribution < 1.29 is 4.79 Å². The summed E-state index contributed by atoms with van der Waals surface area (Å²) in [6, 6.07) is 6.22. The fraction of sp³-hybridized carbons (Fsp3) is 0.500. The number of nitrogen functional groups attached to an aromatic ring is 1. The van der Waals surface area contributed by atoms with Gasteiger partial charge >= 0.3 is 0 Å². The molecular formula is C12H18N4OS. The first-order valence-corrected chi connectivity index (χ1v) is 6.60. The van der Waals surface area contributed by atoms with Gasteiger partial charge in [0.25, 0.3) is 5.91 Å². The molecule has 0 unspecified atom stereocenters. The summed E-state index contributed by atoms with van der Waals surface area (Å²) in [4.78, 5) is 15.2. The second kappa shape index (κ2) is 7.11. The van der Waals surface area contributed by atoms with Crippen LogP contribution in [0.3, 0.4) is 0 Å². The lowest BCUT2D eigenvalue weighted by Crippen LogP contribution is -2.30. The molecule has 0 aliphatic rings. The van der Waals surface area contributed by atoms with Gasteiger partial charge in [0, 0.05) is 30.4 Å². The summed E-state index contributed by atoms with van der Waals surface area (Å²) < 4.78 is 0. The Hall–Kier alpha value is -1.42. The largest absolute Gasteiger partial charge is 0.295 e. The molecule has 0 aromatic carbocycles. The molecule has 0 atom stereocenters. The zero-order valence-corrected chi connectivity index (χ0v) is 11.5. The van der Waals surface area contributed by atoms with Gasteiger partial charge in [0.15, 0.2) is 0 Å². The highest BCUT2D eigenvalue weighted by Crippen LogP contribution is 2.19. The number of hydrazine groups is 1. The highest BCUT2D eigenvalue weighted by Gasteiger charge is 2.13. The van der Waals surface area contributed by atoms with Gasteiger partial charge in [-0.1, -0.05) is 0 Å². The molecule has 0 aliphatic heterocycles. The Bertz CT molecular complexity index is 436. The first kappa shape index (κ1) is 14.6. The maximum Gasteiger partial charge on any atom is 0.275 e. The van der Waals surface area contributed by atoms with E-state index in [1.54, 1.807) is 6.07 Å². The van der Waals surface area contributed by atoms with E-state index in [-0.39, 0.29) is 5.91 Å². The molecule has 6 heteroatoms. The summed E-state index contributed by atoms with van der Waals surface area (Å²) in [5, 5.41) is 8.63. The lowest BCUT2D eigenvalue weighted by molar-refractivity contribution is 0.0957. The van der Waals surface area contributed by atoms with Crippen molar-refractivity contribution >= 4 is 17.2 Å². The summed E-state index contributed by atoms with van der Waals surface area (Å²) in [6.45, 7) is 5.68. The van der Waals surface area contributed by atoms with Crippen LogP contribution in [0.1, 0.15) is 34.8 Å². The van der Waals surface area contributed by atoms with Crippen LogP contribution in [0.2, 0.25) is 0 Å². The van der Waals surface area contributed by atoms with Crippen molar-refractivity contribution in [2.24, 2.45) is 5.84 Å². The van der Waals surface area contributed by atoms with Crippen molar-refractivity contribution in [3.63, 3.8) is 0 Å². The molecule has 0 bridgehead atoms. The minimum absolute atomic E-state index is 0.264. The number of rotatable bonds is 6. The van der Waals surface area contributed by atoms with Crippen LogP contribution in [0, 0.1) is 11.3 Å². The van der Waals surface area contributed by atoms with E-state index in [1.165, 1.54) is 11.3 Å². The number of hydrogen-bond donors (Lipinski definition) is 2. The molecule has 18 heavy (non-hydrogen) atoms. The maximum atomic E-state index is 11.3. The molecule has 98 valence electrons. The molecule has 0 aliphatic carbocycles. The molecule has 3 N–H and O–H groups in total. The van der Waals surface area contributed by atoms with Crippen LogP contribution < -0.4 is 11.3 Å². The Labute approximate surface area is 111 Å². The van der Waals surface area contributed by atoms with Crippen LogP contribution in [0.25, 0.3) is 0 Å². The van der Waals surface area contributed by atoms with Crippen LogP contribution in [0.5, 0.6) is 0 Å². The maximum absolute atomic E-state index is 11.3. The van der Waals surface area contributed by atoms with E-state index >= 15 is 0 Å². The van der Waals surface area contributed by atoms with Crippen LogP contribution in [-0.2, 0) is 6.54 Å². The van der Waals surface area contributed by atoms with Crippen molar-refractivity contribution in [2.75, 3.05) is 6.54 Å². The molecule has 0 radical (unpaired) electrons. The zero-order valence-electron chi connectivity index (χ0n) is 10.6. The van der Waals surface area contributed by atoms with Crippen molar-refractivity contribution in [1.82, 2.24) is 10.3 Å². The highest BCUT2D eigenvalue weighted by molar-refractivity contribution is 7.14. The summed E-state index contributed by atoms with van der Waals surface area (Å²) in [6.07, 6.45) is 0.514. The van der Waals surface area contributed by atoms with E-state index in [2.05, 4.69) is 30.2 Å². The lowest BCUT2D eigenvalue weighted by Gasteiger charge is -2.24. The average molecular weight is 266 g/mol. The molecule has 1 heterocycles. The minimum Gasteiger partial charge on any atom is -0.295 e. The zero-order chi connectivity index (χ0) is 13.5. The number of thiophene rings is 1. The lowest BCUT2D eigenvalue weighted by atomic mass is 10.2. The SMILES string of the molecule is CC(C)N(CCC#N)Cc1ccc(C(=O)NN)s1. The van der Waals surface area contributed by atoms with E-state index in [4.69, 9.17) is 11.1 Å². The van der Waals surface area contributed by atoms with Crippen molar-refractivity contribution in [2.45, 2.75) is 32.9 Å². The highest BCUT2D eigenvalue weighted by atomic mass is 32.1. The smallest absolute Gasteiger partial charge is 0.275 e. The molecular weight excluding hydrogens is 248 g/mol. The molecule has 1 rings (SSSR count). The third kappa shape index (κ3) is 4.11. The number of carbonyl (C=O) groups excluding carboxylic acids is 1. The Kier molecular flexibility index (Phi) is 5.78. The molecule has 0 fully saturated rings. The molecule has 5 nitrogen and oxygen atoms in total. The Morgan fingerprint density at radius 2 is 2.33 bits per heavy atom. The molecule has 1 amide bonds. The van der Waals surface area contributed by atoms with E-state index in [0.29, 0.717) is 17.3 Å². The van der Waals surface area contributed by atoms with Gasteiger partial charge in [-0.25, -0.2) is 5.84 Å². The summed E-state index contributed by atoms with van der Waals surface area (Å²) in [7, 11) is 0. The van der Waals surface area contributed by atoms with Gasteiger partial charge in [-0.3, -0.25) is 15.1 Å². The Morgan fingerprint density at radius 1 is 1.61 bits per heavy atom. The van der Waals surface area contributed by atoms with Gasteiger partial charge in [-0.15, -0.1) is 11.3 Å². The van der Waals surface area contributed by atoms with Crippen molar-refractivity contribution in [1.29, 1.82) is 5.26 Å². The normalized spacial score (nSPS) is 10.7. The van der Waals surface area contributed by atoms with E-state index in [0.717, 1.165) is 18.0 Å². The van der Waals surface area contributed by atoms with Crippen LogP contribution in [0.4, 0.5) is 0 Å². The second-order valence-electron chi connectivity index (χ2n) is 4.21. The number of nitriles is 1. The standard InChI is InChI=1S/C12H18N4OS/c1-9(2)16(7-3-6-13)8-10-4-5-11(18-10)12(17)15-14/h4-5,9H,3,7-8,14H2,1-2H3,(H,15,17). The summed E-state index contributed by atoms with van der Waals surface area (Å²) >= 11 is 1.43. The summed E-state index contributed by atoms with van der Waals surface area (Å²) in [5.41, 5.74) is 2.12. The van der Waals surface area contributed by atoms with Crippen LogP contribution in [-0.4, -0.2) is 23.4 Å². The third-order valence-corrected chi connectivity index (χ3v) is 3.69. The van der Waals surface area contributed by atoms with Crippen LogP contribution >= 0.6 is 11.3 Å². The van der Waals surface area contributed by atoms with Crippen molar-refractivity contribution in [3.8, 4) is 6.07 Å². The topological polar surface area (TPSA) is 82.2 Å². The summed E-state index contributed by atoms with van der Waals surface area (Å²) in [5.74, 6) is 4.82. The third-order valence-electron chi connectivity index (χ3n) is 2.62. The van der Waals surface area contributed by atoms with Gasteiger partial charge in [0.1, 0.15) is 0 Å². The number of nitrogens with one attached hydrogen (secondary N) is 1. The Morgan fingerprint density at radius 3 is 2.89 bits per heavy atom. The van der Waals surface area contributed by atoms with Gasteiger partial charge in [-0.2, -0.15) is 5.26 Å². The number of hydrogen-bond acceptors (Lipinski definition) is 5. The van der Waals surface area contributed by atoms with Crippen LogP contribution in [0.15, 0.2) is 12.1 Å². The fourth-order valence-corrected chi connectivity index (χ4v) is 2.51. The van der Waals surface area contributed by atoms with Gasteiger partial charge < -0.3 is 0 Å². The quantitative estimate of drug-likeness (QED) is 0.464. The van der Waals surface area contributed by atoms with E-state index in [9.17, 15) is 4.79 Å². The number of nitrogens with zero attached hydrogens (tertiary/aromatic N) is 2. The molecule has 0 saturated carbocycles. The molecule has 1 aromatic heterocycles. The van der Waals surface area contributed by atoms with E-state index in [1.807, 2.05) is 6.07 Å². The molecule has 0 saturated heterocycles. The first-order chi connectivity index (χ1) is 8.58. The average Bonchev–Trinajstić information content (AvgIpc) is 2.81. The van der Waals surface area contributed by atoms with Gasteiger partial charge in [0.2, 0.25) is 0 Å². The van der Waals surface area contributed by atoms with E-state index < -0.39 is 0 Å².